The van der Waals surface area contributed by atoms with Gasteiger partial charge >= 0.3 is 0 Å². The van der Waals surface area contributed by atoms with Crippen LogP contribution in [0.5, 0.6) is 0 Å². The number of nitrogens with one attached hydrogen (secondary N) is 4. The van der Waals surface area contributed by atoms with Crippen LogP contribution in [0.4, 0.5) is 0 Å². The highest BCUT2D eigenvalue weighted by molar-refractivity contribution is 9.10. The van der Waals surface area contributed by atoms with Gasteiger partial charge < -0.3 is 14.8 Å². The predicted octanol–water partition coefficient (Wildman–Crippen LogP) is 3.99. The maximum absolute atomic E-state index is 12.7. The van der Waals surface area contributed by atoms with Crippen molar-refractivity contribution in [3.63, 3.8) is 0 Å². The minimum atomic E-state index is -0.496. The Labute approximate surface area is 181 Å². The maximum atomic E-state index is 12.7. The molecule has 0 amide bonds. The van der Waals surface area contributed by atoms with E-state index in [1.165, 1.54) is 0 Å². The minimum absolute atomic E-state index is 0.222. The van der Waals surface area contributed by atoms with Gasteiger partial charge in [0.1, 0.15) is 0 Å². The van der Waals surface area contributed by atoms with Crippen LogP contribution in [0.1, 0.15) is 50.9 Å². The fourth-order valence-electron chi connectivity index (χ4n) is 4.26. The third-order valence-corrected chi connectivity index (χ3v) is 6.65. The number of nitrogens with zero attached hydrogens (tertiary/aromatic N) is 1. The lowest BCUT2D eigenvalue weighted by Crippen LogP contribution is -2.20. The fraction of sp³-hybridized carbons (Fsp3) is 0.273. The average molecular weight is 470 g/mol. The molecule has 0 unspecified atom stereocenters. The maximum Gasteiger partial charge on any atom is 0.268 e. The summed E-state index contributed by atoms with van der Waals surface area (Å²) < 4.78 is 3.18. The second-order valence-electron chi connectivity index (χ2n) is 7.76. The van der Waals surface area contributed by atoms with Gasteiger partial charge in [0, 0.05) is 32.9 Å². The van der Waals surface area contributed by atoms with Crippen LogP contribution in [0.2, 0.25) is 0 Å². The van der Waals surface area contributed by atoms with Gasteiger partial charge in [0.25, 0.3) is 11.1 Å². The molecule has 0 atom stereocenters. The fourth-order valence-corrected chi connectivity index (χ4v) is 4.63. The van der Waals surface area contributed by atoms with Gasteiger partial charge in [0.15, 0.2) is 0 Å². The first-order valence-corrected chi connectivity index (χ1v) is 10.5. The van der Waals surface area contributed by atoms with Crippen LogP contribution >= 0.6 is 15.9 Å². The van der Waals surface area contributed by atoms with E-state index in [-0.39, 0.29) is 11.1 Å². The largest absolute Gasteiger partial charge is 0.318 e. The van der Waals surface area contributed by atoms with Gasteiger partial charge in [0.2, 0.25) is 0 Å². The van der Waals surface area contributed by atoms with E-state index in [2.05, 4.69) is 65.2 Å². The summed E-state index contributed by atoms with van der Waals surface area (Å²) in [5.41, 5.74) is 7.19. The van der Waals surface area contributed by atoms with Gasteiger partial charge in [-0.3, -0.25) is 19.8 Å². The van der Waals surface area contributed by atoms with Crippen LogP contribution in [0.25, 0.3) is 5.69 Å². The van der Waals surface area contributed by atoms with Crippen LogP contribution in [0.3, 0.4) is 0 Å². The van der Waals surface area contributed by atoms with E-state index < -0.39 is 5.92 Å². The zero-order valence-corrected chi connectivity index (χ0v) is 19.1. The highest BCUT2D eigenvalue weighted by Gasteiger charge is 2.31. The monoisotopic (exact) mass is 469 g/mol. The van der Waals surface area contributed by atoms with Crippen molar-refractivity contribution in [1.82, 2.24) is 25.0 Å². The predicted molar refractivity (Wildman–Crippen MR) is 121 cm³/mol. The van der Waals surface area contributed by atoms with Crippen molar-refractivity contribution in [1.29, 1.82) is 0 Å². The highest BCUT2D eigenvalue weighted by atomic mass is 79.9. The lowest BCUT2D eigenvalue weighted by Gasteiger charge is -2.17. The third kappa shape index (κ3) is 3.11. The summed E-state index contributed by atoms with van der Waals surface area (Å²) in [7, 11) is 0. The molecule has 0 aliphatic heterocycles. The van der Waals surface area contributed by atoms with Gasteiger partial charge in [-0.15, -0.1) is 0 Å². The van der Waals surface area contributed by atoms with Gasteiger partial charge in [0.05, 0.1) is 17.0 Å². The van der Waals surface area contributed by atoms with Crippen molar-refractivity contribution < 1.29 is 0 Å². The van der Waals surface area contributed by atoms with Crippen LogP contribution in [0, 0.1) is 34.6 Å². The second kappa shape index (κ2) is 7.36. The molecule has 0 aliphatic carbocycles. The molecule has 0 spiro atoms. The van der Waals surface area contributed by atoms with E-state index in [0.717, 1.165) is 32.7 Å². The number of aromatic nitrogens is 5. The zero-order chi connectivity index (χ0) is 21.7. The quantitative estimate of drug-likeness (QED) is 0.363. The summed E-state index contributed by atoms with van der Waals surface area (Å²) in [4.78, 5) is 25.4. The molecule has 0 radical (unpaired) electrons. The van der Waals surface area contributed by atoms with Crippen molar-refractivity contribution in [2.45, 2.75) is 40.5 Å². The molecule has 0 saturated heterocycles. The van der Waals surface area contributed by atoms with Crippen molar-refractivity contribution in [2.75, 3.05) is 0 Å². The molecule has 4 rings (SSSR count). The van der Waals surface area contributed by atoms with Crippen molar-refractivity contribution in [3.05, 3.63) is 94.5 Å². The molecule has 3 aromatic heterocycles. The Hall–Kier alpha value is -3.00. The summed E-state index contributed by atoms with van der Waals surface area (Å²) >= 11 is 3.62. The SMILES string of the molecule is Cc1ccc(-n2c(C)cc(C(c3c(C)[nH][nH]c3=O)c3c(C)[nH][nH]c3=O)c2C)cc1Br. The Kier molecular flexibility index (Phi) is 4.97. The first-order chi connectivity index (χ1) is 14.2. The lowest BCUT2D eigenvalue weighted by molar-refractivity contribution is 0.895. The normalized spacial score (nSPS) is 11.6. The van der Waals surface area contributed by atoms with E-state index in [9.17, 15) is 9.59 Å². The number of hydrogen-bond donors (Lipinski definition) is 4. The van der Waals surface area contributed by atoms with Crippen molar-refractivity contribution in [3.8, 4) is 5.69 Å². The molecule has 156 valence electrons. The van der Waals surface area contributed by atoms with Gasteiger partial charge in [-0.05, 0) is 63.9 Å². The average Bonchev–Trinajstić information content (AvgIpc) is 3.30. The molecule has 30 heavy (non-hydrogen) atoms. The summed E-state index contributed by atoms with van der Waals surface area (Å²) in [6.45, 7) is 9.78. The van der Waals surface area contributed by atoms with Crippen LogP contribution in [-0.4, -0.2) is 25.0 Å². The molecule has 0 aliphatic rings. The number of halogens is 1. The Morgan fingerprint density at radius 3 is 1.87 bits per heavy atom. The number of benzene rings is 1. The second-order valence-corrected chi connectivity index (χ2v) is 8.62. The Balaban J connectivity index is 2.01. The standard InChI is InChI=1S/C22H24BrN5O2/c1-10-6-7-15(9-17(10)23)28-11(2)8-16(14(28)5)20(18-12(3)24-26-21(18)29)19-13(4)25-27-22(19)30/h6-9,20H,1-5H3,(H2,24,26,29)(H2,25,27,30). The number of aryl methyl sites for hydroxylation is 4. The van der Waals surface area contributed by atoms with E-state index in [1.807, 2.05) is 34.6 Å². The molecule has 1 aromatic carbocycles. The summed E-state index contributed by atoms with van der Waals surface area (Å²) in [5, 5.41) is 11.1. The molecule has 4 N–H and O–H groups in total. The lowest BCUT2D eigenvalue weighted by atomic mass is 9.85. The Morgan fingerprint density at radius 2 is 1.40 bits per heavy atom. The van der Waals surface area contributed by atoms with E-state index >= 15 is 0 Å². The van der Waals surface area contributed by atoms with Gasteiger partial charge in [-0.25, -0.2) is 0 Å². The summed E-state index contributed by atoms with van der Waals surface area (Å²) in [6.07, 6.45) is 0. The number of hydrogen-bond acceptors (Lipinski definition) is 2. The first-order valence-electron chi connectivity index (χ1n) is 9.70. The first kappa shape index (κ1) is 20.3. The Morgan fingerprint density at radius 1 is 0.833 bits per heavy atom. The smallest absolute Gasteiger partial charge is 0.268 e. The van der Waals surface area contributed by atoms with Crippen LogP contribution < -0.4 is 11.1 Å². The number of rotatable bonds is 4. The van der Waals surface area contributed by atoms with Crippen LogP contribution in [0.15, 0.2) is 38.3 Å². The summed E-state index contributed by atoms with van der Waals surface area (Å²) in [5.74, 6) is -0.496. The Bertz CT molecular complexity index is 1310. The molecule has 3 heterocycles. The van der Waals surface area contributed by atoms with Gasteiger partial charge in [-0.1, -0.05) is 22.0 Å². The molecule has 7 nitrogen and oxygen atoms in total. The van der Waals surface area contributed by atoms with E-state index in [1.54, 1.807) is 0 Å². The van der Waals surface area contributed by atoms with Crippen molar-refractivity contribution in [2.24, 2.45) is 0 Å². The summed E-state index contributed by atoms with van der Waals surface area (Å²) in [6, 6.07) is 8.28. The topological polar surface area (TPSA) is 102 Å². The number of aromatic amines is 4. The molecular weight excluding hydrogens is 446 g/mol. The number of H-pyrrole nitrogens is 4. The highest BCUT2D eigenvalue weighted by Crippen LogP contribution is 2.36. The van der Waals surface area contributed by atoms with E-state index in [4.69, 9.17) is 0 Å². The van der Waals surface area contributed by atoms with Crippen LogP contribution in [-0.2, 0) is 0 Å². The molecule has 0 fully saturated rings. The molecular formula is C22H24BrN5O2. The minimum Gasteiger partial charge on any atom is -0.318 e. The molecule has 4 aromatic rings. The third-order valence-electron chi connectivity index (χ3n) is 5.80. The molecule has 0 saturated carbocycles. The molecule has 0 bridgehead atoms. The zero-order valence-electron chi connectivity index (χ0n) is 17.5. The van der Waals surface area contributed by atoms with Crippen molar-refractivity contribution >= 4 is 15.9 Å². The van der Waals surface area contributed by atoms with E-state index in [0.29, 0.717) is 22.5 Å². The van der Waals surface area contributed by atoms with Gasteiger partial charge in [-0.2, -0.15) is 0 Å². The molecule has 8 heteroatoms.